The summed E-state index contributed by atoms with van der Waals surface area (Å²) in [6.07, 6.45) is 4.79. The molecule has 1 aliphatic rings. The zero-order valence-corrected chi connectivity index (χ0v) is 13.4. The molecule has 1 atom stereocenters. The Morgan fingerprint density at radius 2 is 1.90 bits per heavy atom. The van der Waals surface area contributed by atoms with Gasteiger partial charge in [0.1, 0.15) is 0 Å². The fourth-order valence-electron chi connectivity index (χ4n) is 3.06. The van der Waals surface area contributed by atoms with Gasteiger partial charge in [-0.1, -0.05) is 68.7 Å². The largest absolute Gasteiger partial charge is 0.392 e. The van der Waals surface area contributed by atoms with Crippen LogP contribution in [0.5, 0.6) is 0 Å². The van der Waals surface area contributed by atoms with E-state index in [1.165, 1.54) is 5.56 Å². The van der Waals surface area contributed by atoms with E-state index in [9.17, 15) is 4.79 Å². The van der Waals surface area contributed by atoms with E-state index in [1.807, 2.05) is 18.2 Å². The van der Waals surface area contributed by atoms with Crippen molar-refractivity contribution < 1.29 is 4.79 Å². The minimum absolute atomic E-state index is 0.0116. The number of amides is 1. The number of carbonyl (C=O) groups is 1. The van der Waals surface area contributed by atoms with E-state index in [-0.39, 0.29) is 11.8 Å². The lowest BCUT2D eigenvalue weighted by molar-refractivity contribution is -0.128. The molecule has 3 nitrogen and oxygen atoms in total. The second-order valence-corrected chi connectivity index (χ2v) is 6.47. The van der Waals surface area contributed by atoms with E-state index in [0.29, 0.717) is 11.5 Å². The molecule has 0 spiro atoms. The zero-order valence-electron chi connectivity index (χ0n) is 12.6. The Hall–Kier alpha value is -1.42. The number of nitrogens with two attached hydrogens (primary N) is 1. The summed E-state index contributed by atoms with van der Waals surface area (Å²) in [4.78, 5) is 13.0. The normalized spacial score (nSPS) is 18.7. The topological polar surface area (TPSA) is 55.1 Å². The third-order valence-electron chi connectivity index (χ3n) is 4.55. The predicted octanol–water partition coefficient (Wildman–Crippen LogP) is 3.14. The fraction of sp³-hybridized carbons (Fsp3) is 0.529. The molecule has 1 aromatic rings. The third kappa shape index (κ3) is 3.62. The minimum Gasteiger partial charge on any atom is -0.392 e. The van der Waals surface area contributed by atoms with Gasteiger partial charge < -0.3 is 11.1 Å². The number of rotatable bonds is 5. The number of nitrogens with one attached hydrogen (secondary N) is 1. The van der Waals surface area contributed by atoms with Gasteiger partial charge in [0.25, 0.3) is 0 Å². The molecule has 1 saturated carbocycles. The molecule has 0 aliphatic heterocycles. The highest BCUT2D eigenvalue weighted by Gasteiger charge is 2.42. The Labute approximate surface area is 132 Å². The smallest absolute Gasteiger partial charge is 0.233 e. The molecule has 3 N–H and O–H groups in total. The quantitative estimate of drug-likeness (QED) is 0.822. The maximum atomic E-state index is 12.6. The van der Waals surface area contributed by atoms with Crippen molar-refractivity contribution in [2.24, 2.45) is 11.1 Å². The van der Waals surface area contributed by atoms with Gasteiger partial charge in [-0.3, -0.25) is 4.79 Å². The molecule has 1 aliphatic carbocycles. The monoisotopic (exact) mass is 304 g/mol. The number of carbonyl (C=O) groups excluding carboxylic acids is 1. The minimum atomic E-state index is -0.621. The average molecular weight is 304 g/mol. The van der Waals surface area contributed by atoms with Crippen LogP contribution in [0.4, 0.5) is 0 Å². The third-order valence-corrected chi connectivity index (χ3v) is 4.94. The van der Waals surface area contributed by atoms with E-state index in [4.69, 9.17) is 18.0 Å². The van der Waals surface area contributed by atoms with Gasteiger partial charge in [-0.05, 0) is 24.3 Å². The van der Waals surface area contributed by atoms with Gasteiger partial charge in [-0.25, -0.2) is 0 Å². The fourth-order valence-corrected chi connectivity index (χ4v) is 3.35. The number of benzene rings is 1. The van der Waals surface area contributed by atoms with Crippen molar-refractivity contribution in [3.8, 4) is 0 Å². The van der Waals surface area contributed by atoms with E-state index < -0.39 is 5.41 Å². The lowest BCUT2D eigenvalue weighted by Gasteiger charge is -2.35. The highest BCUT2D eigenvalue weighted by Crippen LogP contribution is 2.37. The highest BCUT2D eigenvalue weighted by atomic mass is 32.1. The first-order valence-corrected chi connectivity index (χ1v) is 8.10. The summed E-state index contributed by atoms with van der Waals surface area (Å²) in [7, 11) is 0. The molecule has 0 heterocycles. The molecular formula is C17H24N2OS. The Kier molecular flexibility index (Phi) is 5.34. The molecule has 1 aromatic carbocycles. The van der Waals surface area contributed by atoms with Crippen molar-refractivity contribution in [1.82, 2.24) is 5.32 Å². The van der Waals surface area contributed by atoms with Gasteiger partial charge in [0, 0.05) is 6.54 Å². The van der Waals surface area contributed by atoms with Crippen molar-refractivity contribution in [2.75, 3.05) is 6.54 Å². The van der Waals surface area contributed by atoms with E-state index in [1.54, 1.807) is 0 Å². The van der Waals surface area contributed by atoms with Crippen molar-refractivity contribution in [3.63, 3.8) is 0 Å². The van der Waals surface area contributed by atoms with Crippen LogP contribution >= 0.6 is 12.2 Å². The van der Waals surface area contributed by atoms with Crippen molar-refractivity contribution in [3.05, 3.63) is 35.9 Å². The van der Waals surface area contributed by atoms with Crippen LogP contribution in [0.1, 0.15) is 50.5 Å². The van der Waals surface area contributed by atoms with Crippen molar-refractivity contribution in [1.29, 1.82) is 0 Å². The Balaban J connectivity index is 1.98. The molecule has 1 unspecified atom stereocenters. The van der Waals surface area contributed by atoms with Gasteiger partial charge in [-0.2, -0.15) is 0 Å². The van der Waals surface area contributed by atoms with E-state index in [2.05, 4.69) is 24.4 Å². The molecule has 1 fully saturated rings. The van der Waals surface area contributed by atoms with Crippen molar-refractivity contribution in [2.45, 2.75) is 44.9 Å². The number of hydrogen-bond donors (Lipinski definition) is 2. The predicted molar refractivity (Wildman–Crippen MR) is 90.2 cm³/mol. The van der Waals surface area contributed by atoms with Crippen molar-refractivity contribution >= 4 is 23.1 Å². The van der Waals surface area contributed by atoms with Gasteiger partial charge in [0.15, 0.2) is 0 Å². The lowest BCUT2D eigenvalue weighted by atomic mass is 9.73. The summed E-state index contributed by atoms with van der Waals surface area (Å²) in [5.41, 5.74) is 6.50. The van der Waals surface area contributed by atoms with Gasteiger partial charge in [0.05, 0.1) is 10.4 Å². The van der Waals surface area contributed by atoms with E-state index >= 15 is 0 Å². The van der Waals surface area contributed by atoms with Crippen LogP contribution in [0, 0.1) is 5.41 Å². The Bertz CT molecular complexity index is 495. The number of thiocarbonyl (C=S) groups is 1. The van der Waals surface area contributed by atoms with Crippen LogP contribution in [-0.4, -0.2) is 17.4 Å². The first-order valence-electron chi connectivity index (χ1n) is 7.69. The summed E-state index contributed by atoms with van der Waals surface area (Å²) in [6, 6.07) is 10.2. The van der Waals surface area contributed by atoms with Gasteiger partial charge in [-0.15, -0.1) is 0 Å². The second kappa shape index (κ2) is 7.03. The van der Waals surface area contributed by atoms with Crippen LogP contribution in [0.25, 0.3) is 0 Å². The molecule has 21 heavy (non-hydrogen) atoms. The summed E-state index contributed by atoms with van der Waals surface area (Å²) in [6.45, 7) is 2.73. The summed E-state index contributed by atoms with van der Waals surface area (Å²) in [5.74, 6) is 0.291. The average Bonchev–Trinajstić information content (AvgIpc) is 2.53. The molecular weight excluding hydrogens is 280 g/mol. The molecule has 0 radical (unpaired) electrons. The van der Waals surface area contributed by atoms with Crippen LogP contribution in [0.3, 0.4) is 0 Å². The van der Waals surface area contributed by atoms with Gasteiger partial charge >= 0.3 is 0 Å². The lowest BCUT2D eigenvalue weighted by Crippen LogP contribution is -2.50. The maximum absolute atomic E-state index is 12.6. The molecule has 0 aromatic heterocycles. The van der Waals surface area contributed by atoms with Crippen LogP contribution in [-0.2, 0) is 4.79 Å². The van der Waals surface area contributed by atoms with E-state index in [0.717, 1.165) is 32.1 Å². The molecule has 0 saturated heterocycles. The first kappa shape index (κ1) is 16.0. The molecule has 4 heteroatoms. The Morgan fingerprint density at radius 3 is 2.48 bits per heavy atom. The standard InChI is InChI=1S/C17H24N2OS/c1-13(14-8-4-2-5-9-14)12-19-16(20)17(15(18)21)10-6-3-7-11-17/h2,4-5,8-9,13H,3,6-7,10-12H2,1H3,(H2,18,21)(H,19,20). The first-order chi connectivity index (χ1) is 10.1. The highest BCUT2D eigenvalue weighted by molar-refractivity contribution is 7.80. The summed E-state index contributed by atoms with van der Waals surface area (Å²) >= 11 is 5.19. The molecule has 2 rings (SSSR count). The SMILES string of the molecule is CC(CNC(=O)C1(C(N)=S)CCCCC1)c1ccccc1. The number of hydrogen-bond acceptors (Lipinski definition) is 2. The zero-order chi connectivity index (χ0) is 15.3. The molecule has 0 bridgehead atoms. The van der Waals surface area contributed by atoms with Gasteiger partial charge in [0.2, 0.25) is 5.91 Å². The maximum Gasteiger partial charge on any atom is 0.233 e. The second-order valence-electron chi connectivity index (χ2n) is 6.03. The van der Waals surface area contributed by atoms with Crippen LogP contribution in [0.2, 0.25) is 0 Å². The molecule has 1 amide bonds. The van der Waals surface area contributed by atoms with Crippen LogP contribution in [0.15, 0.2) is 30.3 Å². The van der Waals surface area contributed by atoms with Crippen LogP contribution < -0.4 is 11.1 Å². The Morgan fingerprint density at radius 1 is 1.29 bits per heavy atom. The summed E-state index contributed by atoms with van der Waals surface area (Å²) < 4.78 is 0. The molecule has 114 valence electrons. The summed E-state index contributed by atoms with van der Waals surface area (Å²) in [5, 5.41) is 3.07.